The lowest BCUT2D eigenvalue weighted by molar-refractivity contribution is 0.336. The van der Waals surface area contributed by atoms with Crippen molar-refractivity contribution in [1.82, 2.24) is 0 Å². The van der Waals surface area contributed by atoms with Crippen LogP contribution < -0.4 is 0 Å². The van der Waals surface area contributed by atoms with Gasteiger partial charge in [-0.1, -0.05) is 51.8 Å². The smallest absolute Gasteiger partial charge is 0.134 e. The van der Waals surface area contributed by atoms with Crippen molar-refractivity contribution in [3.05, 3.63) is 28.8 Å². The highest BCUT2D eigenvalue weighted by Crippen LogP contribution is 2.37. The molecule has 1 rings (SSSR count). The van der Waals surface area contributed by atoms with E-state index in [0.717, 1.165) is 12.8 Å². The van der Waals surface area contributed by atoms with E-state index in [2.05, 4.69) is 27.7 Å². The van der Waals surface area contributed by atoms with Gasteiger partial charge in [0.1, 0.15) is 5.75 Å². The first-order valence-electron chi connectivity index (χ1n) is 6.42. The molecule has 0 saturated carbocycles. The van der Waals surface area contributed by atoms with Gasteiger partial charge in [-0.2, -0.15) is 0 Å². The molecule has 0 aromatic heterocycles. The Kier molecular flexibility index (Phi) is 4.88. The Labute approximate surface area is 110 Å². The fourth-order valence-electron chi connectivity index (χ4n) is 2.26. The van der Waals surface area contributed by atoms with Gasteiger partial charge >= 0.3 is 0 Å². The number of hydrogen-bond acceptors (Lipinski definition) is 1. The van der Waals surface area contributed by atoms with Gasteiger partial charge in [-0.3, -0.25) is 0 Å². The van der Waals surface area contributed by atoms with Gasteiger partial charge < -0.3 is 5.11 Å². The zero-order valence-electron chi connectivity index (χ0n) is 11.3. The van der Waals surface area contributed by atoms with Crippen molar-refractivity contribution in [3.8, 4) is 5.75 Å². The third-order valence-electron chi connectivity index (χ3n) is 3.92. The second-order valence-corrected chi connectivity index (χ2v) is 5.71. The van der Waals surface area contributed by atoms with Gasteiger partial charge in [0.15, 0.2) is 0 Å². The molecule has 0 bridgehead atoms. The van der Waals surface area contributed by atoms with Crippen LogP contribution in [0, 0.1) is 5.92 Å². The van der Waals surface area contributed by atoms with Crippen LogP contribution in [0.2, 0.25) is 5.02 Å². The third kappa shape index (κ3) is 3.38. The van der Waals surface area contributed by atoms with E-state index >= 15 is 0 Å². The first-order valence-corrected chi connectivity index (χ1v) is 6.79. The highest BCUT2D eigenvalue weighted by molar-refractivity contribution is 6.32. The van der Waals surface area contributed by atoms with Crippen molar-refractivity contribution in [3.63, 3.8) is 0 Å². The maximum atomic E-state index is 9.48. The lowest BCUT2D eigenvalue weighted by Crippen LogP contribution is -2.23. The van der Waals surface area contributed by atoms with Crippen LogP contribution in [-0.2, 0) is 5.41 Å². The normalized spacial score (nSPS) is 16.5. The highest BCUT2D eigenvalue weighted by atomic mass is 35.5. The molecule has 0 radical (unpaired) electrons. The largest absolute Gasteiger partial charge is 0.506 e. The summed E-state index contributed by atoms with van der Waals surface area (Å²) in [5.41, 5.74) is 1.37. The number of rotatable bonds is 5. The molecular weight excluding hydrogens is 232 g/mol. The second kappa shape index (κ2) is 5.77. The van der Waals surface area contributed by atoms with Crippen molar-refractivity contribution in [2.24, 2.45) is 5.92 Å². The molecule has 1 aromatic rings. The quantitative estimate of drug-likeness (QED) is 0.771. The van der Waals surface area contributed by atoms with Gasteiger partial charge in [0.25, 0.3) is 0 Å². The molecule has 2 unspecified atom stereocenters. The van der Waals surface area contributed by atoms with Crippen LogP contribution in [0.1, 0.15) is 52.5 Å². The van der Waals surface area contributed by atoms with Gasteiger partial charge in [-0.05, 0) is 41.9 Å². The lowest BCUT2D eigenvalue weighted by atomic mass is 9.73. The van der Waals surface area contributed by atoms with Gasteiger partial charge in [-0.15, -0.1) is 0 Å². The molecule has 0 saturated heterocycles. The number of aromatic hydroxyl groups is 1. The molecule has 1 aromatic carbocycles. The summed E-state index contributed by atoms with van der Waals surface area (Å²) in [6, 6.07) is 5.60. The summed E-state index contributed by atoms with van der Waals surface area (Å²) >= 11 is 6.00. The molecule has 0 aliphatic rings. The maximum absolute atomic E-state index is 9.48. The summed E-state index contributed by atoms with van der Waals surface area (Å²) in [6.07, 6.45) is 3.43. The molecule has 2 heteroatoms. The minimum absolute atomic E-state index is 0.146. The molecule has 1 nitrogen and oxygen atoms in total. The van der Waals surface area contributed by atoms with Gasteiger partial charge in [0.2, 0.25) is 0 Å². The number of benzene rings is 1. The molecular formula is C15H23ClO. The third-order valence-corrected chi connectivity index (χ3v) is 4.22. The minimum Gasteiger partial charge on any atom is -0.506 e. The summed E-state index contributed by atoms with van der Waals surface area (Å²) in [7, 11) is 0. The van der Waals surface area contributed by atoms with Crippen molar-refractivity contribution >= 4 is 11.6 Å². The standard InChI is InChI=1S/C15H23ClO/c1-5-11(3)10-15(4,6-2)12-7-8-14(17)13(16)9-12/h7-9,11,17H,5-6,10H2,1-4H3. The van der Waals surface area contributed by atoms with E-state index in [1.165, 1.54) is 12.0 Å². The number of hydrogen-bond donors (Lipinski definition) is 1. The molecule has 17 heavy (non-hydrogen) atoms. The van der Waals surface area contributed by atoms with E-state index in [9.17, 15) is 5.11 Å². The van der Waals surface area contributed by atoms with Crippen LogP contribution in [0.5, 0.6) is 5.75 Å². The number of phenols is 1. The van der Waals surface area contributed by atoms with Crippen LogP contribution in [-0.4, -0.2) is 5.11 Å². The number of phenolic OH excluding ortho intramolecular Hbond substituents is 1. The number of halogens is 1. The Hall–Kier alpha value is -0.690. The minimum atomic E-state index is 0.146. The maximum Gasteiger partial charge on any atom is 0.134 e. The van der Waals surface area contributed by atoms with Crippen LogP contribution in [0.3, 0.4) is 0 Å². The van der Waals surface area contributed by atoms with E-state index < -0.39 is 0 Å². The van der Waals surface area contributed by atoms with Crippen LogP contribution in [0.4, 0.5) is 0 Å². The Bertz CT molecular complexity index is 375. The van der Waals surface area contributed by atoms with E-state index in [1.54, 1.807) is 6.07 Å². The molecule has 0 aliphatic carbocycles. The summed E-state index contributed by atoms with van der Waals surface area (Å²) in [6.45, 7) is 9.01. The first kappa shape index (κ1) is 14.4. The van der Waals surface area contributed by atoms with Crippen molar-refractivity contribution in [2.45, 2.75) is 52.4 Å². The topological polar surface area (TPSA) is 20.2 Å². The molecule has 1 N–H and O–H groups in total. The van der Waals surface area contributed by atoms with E-state index in [1.807, 2.05) is 12.1 Å². The monoisotopic (exact) mass is 254 g/mol. The molecule has 0 aliphatic heterocycles. The summed E-state index contributed by atoms with van der Waals surface area (Å²) in [5, 5.41) is 9.93. The predicted molar refractivity (Wildman–Crippen MR) is 74.8 cm³/mol. The van der Waals surface area contributed by atoms with Crippen LogP contribution in [0.15, 0.2) is 18.2 Å². The molecule has 0 fully saturated rings. The molecule has 2 atom stereocenters. The van der Waals surface area contributed by atoms with Gasteiger partial charge in [0, 0.05) is 0 Å². The summed E-state index contributed by atoms with van der Waals surface area (Å²) in [5.74, 6) is 0.866. The molecule has 0 amide bonds. The fourth-order valence-corrected chi connectivity index (χ4v) is 2.44. The first-order chi connectivity index (χ1) is 7.92. The molecule has 96 valence electrons. The Morgan fingerprint density at radius 3 is 2.47 bits per heavy atom. The van der Waals surface area contributed by atoms with Gasteiger partial charge in [0.05, 0.1) is 5.02 Å². The van der Waals surface area contributed by atoms with Crippen molar-refractivity contribution < 1.29 is 5.11 Å². The van der Waals surface area contributed by atoms with E-state index in [-0.39, 0.29) is 11.2 Å². The van der Waals surface area contributed by atoms with Crippen molar-refractivity contribution in [2.75, 3.05) is 0 Å². The van der Waals surface area contributed by atoms with E-state index in [4.69, 9.17) is 11.6 Å². The SMILES string of the molecule is CCC(C)CC(C)(CC)c1ccc(O)c(Cl)c1. The van der Waals surface area contributed by atoms with Gasteiger partial charge in [-0.25, -0.2) is 0 Å². The average molecular weight is 255 g/mol. The summed E-state index contributed by atoms with van der Waals surface area (Å²) < 4.78 is 0. The lowest BCUT2D eigenvalue weighted by Gasteiger charge is -2.32. The van der Waals surface area contributed by atoms with E-state index in [0.29, 0.717) is 10.9 Å². The van der Waals surface area contributed by atoms with Crippen molar-refractivity contribution in [1.29, 1.82) is 0 Å². The zero-order valence-corrected chi connectivity index (χ0v) is 12.0. The average Bonchev–Trinajstić information content (AvgIpc) is 2.32. The molecule has 0 spiro atoms. The Morgan fingerprint density at radius 1 is 1.35 bits per heavy atom. The van der Waals surface area contributed by atoms with Crippen LogP contribution >= 0.6 is 11.6 Å². The summed E-state index contributed by atoms with van der Waals surface area (Å²) in [4.78, 5) is 0. The highest BCUT2D eigenvalue weighted by Gasteiger charge is 2.26. The Balaban J connectivity index is 3.02. The zero-order chi connectivity index (χ0) is 13.1. The fraction of sp³-hybridized carbons (Fsp3) is 0.600. The second-order valence-electron chi connectivity index (χ2n) is 5.30. The van der Waals surface area contributed by atoms with Crippen LogP contribution in [0.25, 0.3) is 0 Å². The molecule has 0 heterocycles. The predicted octanol–water partition coefficient (Wildman–Crippen LogP) is 5.15. The Morgan fingerprint density at radius 2 is 2.00 bits per heavy atom.